The van der Waals surface area contributed by atoms with Crippen LogP contribution in [0.25, 0.3) is 22.2 Å². The lowest BCUT2D eigenvalue weighted by atomic mass is 10.0. The Kier molecular flexibility index (Phi) is 6.59. The molecule has 4 heteroatoms. The maximum Gasteiger partial charge on any atom is 0.119 e. The van der Waals surface area contributed by atoms with E-state index in [-0.39, 0.29) is 0 Å². The van der Waals surface area contributed by atoms with E-state index in [9.17, 15) is 0 Å². The zero-order valence-corrected chi connectivity index (χ0v) is 16.1. The quantitative estimate of drug-likeness (QED) is 0.457. The van der Waals surface area contributed by atoms with Gasteiger partial charge in [-0.05, 0) is 73.7 Å². The Morgan fingerprint density at radius 3 is 2.58 bits per heavy atom. The first kappa shape index (κ1) is 18.8. The van der Waals surface area contributed by atoms with Gasteiger partial charge in [-0.3, -0.25) is 0 Å². The molecule has 1 heterocycles. The van der Waals surface area contributed by atoms with Gasteiger partial charge in [-0.2, -0.15) is 0 Å². The Hall–Kier alpha value is -1.97. The number of unbranched alkanes of at least 4 members (excludes halogenated alkanes) is 2. The zero-order chi connectivity index (χ0) is 18.4. The molecule has 0 spiro atoms. The predicted molar refractivity (Wildman–Crippen MR) is 111 cm³/mol. The molecule has 0 radical (unpaired) electrons. The number of aryl methyl sites for hydroxylation is 1. The summed E-state index contributed by atoms with van der Waals surface area (Å²) in [5, 5.41) is 1.96. The molecule has 0 saturated carbocycles. The molecule has 3 aromatic rings. The molecule has 1 aromatic heterocycles. The van der Waals surface area contributed by atoms with Crippen LogP contribution in [0.4, 0.5) is 0 Å². The second-order valence-corrected chi connectivity index (χ2v) is 7.02. The number of hydrogen-bond acceptors (Lipinski definition) is 2. The number of aromatic amines is 1. The first-order valence-electron chi connectivity index (χ1n) is 9.47. The highest BCUT2D eigenvalue weighted by Gasteiger charge is 2.14. The molecule has 0 aliphatic rings. The van der Waals surface area contributed by atoms with Crippen LogP contribution in [0.3, 0.4) is 0 Å². The third-order valence-electron chi connectivity index (χ3n) is 4.68. The number of nitrogens with one attached hydrogen (secondary N) is 1. The zero-order valence-electron chi connectivity index (χ0n) is 15.4. The minimum absolute atomic E-state index is 0.724. The SMILES string of the molecule is CCCCOc1ccc(-c2[nH]c3c(Cl)cccc3c2CCCCN)cc1. The molecule has 0 aliphatic heterocycles. The average Bonchev–Trinajstić information content (AvgIpc) is 3.03. The van der Waals surface area contributed by atoms with E-state index in [0.29, 0.717) is 0 Å². The number of nitrogens with two attached hydrogens (primary N) is 1. The van der Waals surface area contributed by atoms with Gasteiger partial charge >= 0.3 is 0 Å². The van der Waals surface area contributed by atoms with Crippen LogP contribution in [0, 0.1) is 0 Å². The van der Waals surface area contributed by atoms with E-state index >= 15 is 0 Å². The van der Waals surface area contributed by atoms with Crippen molar-refractivity contribution in [2.45, 2.75) is 39.0 Å². The Balaban J connectivity index is 1.92. The molecule has 2 aromatic carbocycles. The fourth-order valence-electron chi connectivity index (χ4n) is 3.24. The van der Waals surface area contributed by atoms with E-state index in [1.807, 2.05) is 24.3 Å². The molecule has 0 fully saturated rings. The molecule has 0 saturated heterocycles. The second-order valence-electron chi connectivity index (χ2n) is 6.61. The summed E-state index contributed by atoms with van der Waals surface area (Å²) < 4.78 is 5.78. The van der Waals surface area contributed by atoms with Crippen molar-refractivity contribution in [3.63, 3.8) is 0 Å². The normalized spacial score (nSPS) is 11.2. The van der Waals surface area contributed by atoms with Gasteiger partial charge in [-0.15, -0.1) is 0 Å². The van der Waals surface area contributed by atoms with Crippen molar-refractivity contribution in [2.75, 3.05) is 13.2 Å². The summed E-state index contributed by atoms with van der Waals surface area (Å²) in [5.74, 6) is 0.918. The smallest absolute Gasteiger partial charge is 0.119 e. The van der Waals surface area contributed by atoms with E-state index in [4.69, 9.17) is 22.1 Å². The minimum atomic E-state index is 0.724. The molecule has 0 bridgehead atoms. The monoisotopic (exact) mass is 370 g/mol. The molecular weight excluding hydrogens is 344 g/mol. The molecule has 26 heavy (non-hydrogen) atoms. The van der Waals surface area contributed by atoms with Crippen molar-refractivity contribution in [2.24, 2.45) is 5.73 Å². The van der Waals surface area contributed by atoms with Crippen LogP contribution in [0.1, 0.15) is 38.2 Å². The Morgan fingerprint density at radius 1 is 1.04 bits per heavy atom. The van der Waals surface area contributed by atoms with Crippen LogP contribution < -0.4 is 10.5 Å². The van der Waals surface area contributed by atoms with Gasteiger partial charge in [0.15, 0.2) is 0 Å². The van der Waals surface area contributed by atoms with Gasteiger partial charge in [-0.1, -0.05) is 37.1 Å². The summed E-state index contributed by atoms with van der Waals surface area (Å²) in [4.78, 5) is 3.54. The molecule has 0 aliphatic carbocycles. The van der Waals surface area contributed by atoms with Crippen LogP contribution in [0.2, 0.25) is 5.02 Å². The lowest BCUT2D eigenvalue weighted by molar-refractivity contribution is 0.309. The Labute approximate surface area is 160 Å². The summed E-state index contributed by atoms with van der Waals surface area (Å²) in [6.07, 6.45) is 5.30. The minimum Gasteiger partial charge on any atom is -0.494 e. The highest BCUT2D eigenvalue weighted by molar-refractivity contribution is 6.35. The molecule has 0 amide bonds. The van der Waals surface area contributed by atoms with E-state index in [1.54, 1.807) is 0 Å². The lowest BCUT2D eigenvalue weighted by Gasteiger charge is -2.08. The summed E-state index contributed by atoms with van der Waals surface area (Å²) in [6, 6.07) is 14.4. The third kappa shape index (κ3) is 4.22. The number of benzene rings is 2. The summed E-state index contributed by atoms with van der Waals surface area (Å²) in [5.41, 5.74) is 10.3. The number of halogens is 1. The van der Waals surface area contributed by atoms with Gasteiger partial charge in [0, 0.05) is 11.1 Å². The van der Waals surface area contributed by atoms with Crippen LogP contribution in [-0.2, 0) is 6.42 Å². The highest BCUT2D eigenvalue weighted by atomic mass is 35.5. The second kappa shape index (κ2) is 9.11. The van der Waals surface area contributed by atoms with Crippen molar-refractivity contribution in [3.8, 4) is 17.0 Å². The van der Waals surface area contributed by atoms with Crippen molar-refractivity contribution in [3.05, 3.63) is 53.1 Å². The van der Waals surface area contributed by atoms with Crippen molar-refractivity contribution >= 4 is 22.5 Å². The van der Waals surface area contributed by atoms with Crippen LogP contribution in [0.15, 0.2) is 42.5 Å². The van der Waals surface area contributed by atoms with Crippen LogP contribution in [-0.4, -0.2) is 18.1 Å². The lowest BCUT2D eigenvalue weighted by Crippen LogP contribution is -1.99. The van der Waals surface area contributed by atoms with E-state index in [2.05, 4.69) is 30.1 Å². The largest absolute Gasteiger partial charge is 0.494 e. The van der Waals surface area contributed by atoms with Gasteiger partial charge in [0.1, 0.15) is 5.75 Å². The highest BCUT2D eigenvalue weighted by Crippen LogP contribution is 2.35. The fraction of sp³-hybridized carbons (Fsp3) is 0.364. The molecule has 0 atom stereocenters. The number of H-pyrrole nitrogens is 1. The number of para-hydroxylation sites is 1. The van der Waals surface area contributed by atoms with Gasteiger partial charge in [0.25, 0.3) is 0 Å². The van der Waals surface area contributed by atoms with Gasteiger partial charge in [-0.25, -0.2) is 0 Å². The number of fused-ring (bicyclic) bond motifs is 1. The third-order valence-corrected chi connectivity index (χ3v) is 5.00. The average molecular weight is 371 g/mol. The first-order valence-corrected chi connectivity index (χ1v) is 9.84. The number of rotatable bonds is 9. The van der Waals surface area contributed by atoms with Gasteiger partial charge in [0.2, 0.25) is 0 Å². The number of aromatic nitrogens is 1. The topological polar surface area (TPSA) is 51.0 Å². The molecule has 0 unspecified atom stereocenters. The number of hydrogen-bond donors (Lipinski definition) is 2. The maximum absolute atomic E-state index is 6.42. The van der Waals surface area contributed by atoms with Crippen LogP contribution in [0.5, 0.6) is 5.75 Å². The van der Waals surface area contributed by atoms with E-state index in [0.717, 1.165) is 72.8 Å². The van der Waals surface area contributed by atoms with E-state index < -0.39 is 0 Å². The molecular formula is C22H27ClN2O. The standard InChI is InChI=1S/C22H27ClN2O/c1-2-3-15-26-17-12-10-16(11-13-17)21-18(7-4-5-14-24)19-8-6-9-20(23)22(19)25-21/h6,8-13,25H,2-5,7,14-15,24H2,1H3. The number of ether oxygens (including phenoxy) is 1. The Bertz CT molecular complexity index is 839. The van der Waals surface area contributed by atoms with Crippen molar-refractivity contribution < 1.29 is 4.74 Å². The fourth-order valence-corrected chi connectivity index (χ4v) is 3.46. The first-order chi connectivity index (χ1) is 12.7. The summed E-state index contributed by atoms with van der Waals surface area (Å²) in [7, 11) is 0. The predicted octanol–water partition coefficient (Wildman–Crippen LogP) is 5.95. The molecule has 3 nitrogen and oxygen atoms in total. The molecule has 3 rings (SSSR count). The van der Waals surface area contributed by atoms with Crippen molar-refractivity contribution in [1.29, 1.82) is 0 Å². The summed E-state index contributed by atoms with van der Waals surface area (Å²) in [6.45, 7) is 3.66. The summed E-state index contributed by atoms with van der Waals surface area (Å²) >= 11 is 6.42. The Morgan fingerprint density at radius 2 is 1.85 bits per heavy atom. The van der Waals surface area contributed by atoms with E-state index in [1.165, 1.54) is 10.9 Å². The van der Waals surface area contributed by atoms with Gasteiger partial charge < -0.3 is 15.5 Å². The van der Waals surface area contributed by atoms with Gasteiger partial charge in [0.05, 0.1) is 17.1 Å². The van der Waals surface area contributed by atoms with Crippen molar-refractivity contribution in [1.82, 2.24) is 4.98 Å². The molecule has 3 N–H and O–H groups in total. The maximum atomic E-state index is 6.42. The molecule has 138 valence electrons. The van der Waals surface area contributed by atoms with Crippen LogP contribution >= 0.6 is 11.6 Å².